The molecule has 0 aromatic heterocycles. The molecule has 2 N–H and O–H groups in total. The van der Waals surface area contributed by atoms with Gasteiger partial charge in [-0.2, -0.15) is 0 Å². The van der Waals surface area contributed by atoms with Crippen LogP contribution < -0.4 is 11.0 Å². The van der Waals surface area contributed by atoms with Crippen molar-refractivity contribution in [1.29, 1.82) is 5.26 Å². The van der Waals surface area contributed by atoms with Crippen molar-refractivity contribution >= 4 is 16.0 Å². The molecule has 0 rings (SSSR count). The van der Waals surface area contributed by atoms with Crippen LogP contribution >= 0.6 is 0 Å². The van der Waals surface area contributed by atoms with Crippen molar-refractivity contribution in [3.63, 3.8) is 0 Å². The second kappa shape index (κ2) is 20.0. The van der Waals surface area contributed by atoms with Crippen LogP contribution in [0.15, 0.2) is 33.1 Å². The van der Waals surface area contributed by atoms with Gasteiger partial charge < -0.3 is 21.4 Å². The molecule has 0 bridgehead atoms. The zero-order chi connectivity index (χ0) is 15.8. The molecule has 0 aliphatic rings. The normalized spacial score (nSPS) is 10.2. The molecule has 9 nitrogen and oxygen atoms in total. The summed E-state index contributed by atoms with van der Waals surface area (Å²) in [5, 5.41) is 31.8. The summed E-state index contributed by atoms with van der Waals surface area (Å²) in [5.74, 6) is 0. The van der Waals surface area contributed by atoms with Gasteiger partial charge in [0.1, 0.15) is 0 Å². The topological polar surface area (TPSA) is 153 Å². The SMILES string of the molecule is CC(N=O)=C(C)N[O-].CC(N=O)=C(C)N[O-].N#C[Se].[Co]. The molecule has 11 heteroatoms. The number of hydroxylamine groups is 2. The first-order chi connectivity index (χ1) is 8.85. The fourth-order valence-electron chi connectivity index (χ4n) is 0.285. The van der Waals surface area contributed by atoms with Gasteiger partial charge in [0, 0.05) is 28.2 Å². The Bertz CT molecular complexity index is 351. The van der Waals surface area contributed by atoms with Crippen molar-refractivity contribution in [2.24, 2.45) is 10.4 Å². The third kappa shape index (κ3) is 19.1. The Hall–Kier alpha value is -1.28. The average molecular weight is 394 g/mol. The number of allylic oxidation sites excluding steroid dienone is 4. The second-order valence-electron chi connectivity index (χ2n) is 2.90. The van der Waals surface area contributed by atoms with E-state index in [-0.39, 0.29) is 39.6 Å². The molecule has 0 aromatic rings. The maximum Gasteiger partial charge on any atom is 0 e. The number of nitriles is 1. The third-order valence-corrected chi connectivity index (χ3v) is 1.67. The van der Waals surface area contributed by atoms with E-state index in [2.05, 4.69) is 26.4 Å². The van der Waals surface area contributed by atoms with Crippen LogP contribution in [0.4, 0.5) is 0 Å². The van der Waals surface area contributed by atoms with Crippen LogP contribution in [0.3, 0.4) is 0 Å². The molecule has 0 saturated carbocycles. The number of nitrogens with one attached hydrogen (secondary N) is 2. The Morgan fingerprint density at radius 2 is 1.20 bits per heavy atom. The van der Waals surface area contributed by atoms with Gasteiger partial charge in [-0.05, 0) is 38.0 Å². The van der Waals surface area contributed by atoms with Crippen molar-refractivity contribution in [1.82, 2.24) is 11.0 Å². The van der Waals surface area contributed by atoms with Crippen LogP contribution in [0.5, 0.6) is 0 Å². The first-order valence-corrected chi connectivity index (χ1v) is 5.50. The van der Waals surface area contributed by atoms with Crippen molar-refractivity contribution in [2.75, 3.05) is 0 Å². The molecule has 0 atom stereocenters. The van der Waals surface area contributed by atoms with E-state index in [1.54, 1.807) is 15.9 Å². The number of nitroso groups, excluding NO2 is 2. The minimum Gasteiger partial charge on any atom is 0 e. The van der Waals surface area contributed by atoms with Gasteiger partial charge >= 0.3 is 26.2 Å². The zero-order valence-corrected chi connectivity index (χ0v) is 14.0. The van der Waals surface area contributed by atoms with E-state index in [0.29, 0.717) is 0 Å². The minimum atomic E-state index is 0. The van der Waals surface area contributed by atoms with Gasteiger partial charge in [0.15, 0.2) is 0 Å². The smallest absolute Gasteiger partial charge is 0 e. The third-order valence-electron chi connectivity index (χ3n) is 1.67. The molecule has 0 heterocycles. The summed E-state index contributed by atoms with van der Waals surface area (Å²) in [7, 11) is 0. The van der Waals surface area contributed by atoms with Crippen LogP contribution in [-0.2, 0) is 16.8 Å². The fraction of sp³-hybridized carbons (Fsp3) is 0.444. The molecular formula is C9H14CoN5O4Se-2. The quantitative estimate of drug-likeness (QED) is 0.419. The minimum absolute atomic E-state index is 0. The van der Waals surface area contributed by atoms with Gasteiger partial charge in [-0.1, -0.05) is 0 Å². The standard InChI is InChI=1S/2C4H7N2O2.CNSe.Co/c2*1-3(5-7)4(2)6-8;2-1-3;/h2*5H,1-2H3;;/q2*-1;;. The predicted octanol–water partition coefficient (Wildman–Crippen LogP) is 1.82. The molecule has 0 aliphatic carbocycles. The maximum atomic E-state index is 9.72. The van der Waals surface area contributed by atoms with Gasteiger partial charge in [0.25, 0.3) is 0 Å². The zero-order valence-electron chi connectivity index (χ0n) is 11.2. The summed E-state index contributed by atoms with van der Waals surface area (Å²) in [6, 6.07) is 0. The number of nitrogens with zero attached hydrogens (tertiary/aromatic N) is 3. The number of rotatable bonds is 4. The molecule has 0 aliphatic heterocycles. The predicted molar refractivity (Wildman–Crippen MR) is 72.7 cm³/mol. The Labute approximate surface area is 135 Å². The van der Waals surface area contributed by atoms with Crippen LogP contribution in [0, 0.1) is 30.5 Å². The Balaban J connectivity index is -0.000000103. The van der Waals surface area contributed by atoms with Crippen molar-refractivity contribution in [3.05, 3.63) is 43.0 Å². The Kier molecular flexibility index (Phi) is 27.2. The van der Waals surface area contributed by atoms with Gasteiger partial charge in [0.05, 0.1) is 11.4 Å². The van der Waals surface area contributed by atoms with Crippen molar-refractivity contribution in [2.45, 2.75) is 27.7 Å². The van der Waals surface area contributed by atoms with Crippen molar-refractivity contribution < 1.29 is 16.8 Å². The first kappa shape index (κ1) is 27.1. The molecule has 0 aromatic carbocycles. The van der Waals surface area contributed by atoms with E-state index in [0.717, 1.165) is 0 Å². The van der Waals surface area contributed by atoms with Crippen LogP contribution in [-0.4, -0.2) is 16.0 Å². The summed E-state index contributed by atoms with van der Waals surface area (Å²) >= 11 is 2.11. The maximum absolute atomic E-state index is 9.72. The molecule has 0 saturated heterocycles. The summed E-state index contributed by atoms with van der Waals surface area (Å²) in [6.07, 6.45) is 0. The molecule has 0 spiro atoms. The van der Waals surface area contributed by atoms with E-state index in [4.69, 9.17) is 5.26 Å². The Morgan fingerprint density at radius 1 is 1.00 bits per heavy atom. The fourth-order valence-corrected chi connectivity index (χ4v) is 0.285. The molecule has 0 fully saturated rings. The van der Waals surface area contributed by atoms with E-state index in [1.165, 1.54) is 27.7 Å². The monoisotopic (exact) mass is 395 g/mol. The van der Waals surface area contributed by atoms with E-state index < -0.39 is 0 Å². The number of hydrogen-bond acceptors (Lipinski definition) is 9. The number of hydrogen-bond donors (Lipinski definition) is 2. The Morgan fingerprint density at radius 3 is 1.25 bits per heavy atom. The summed E-state index contributed by atoms with van der Waals surface area (Å²) in [6.45, 7) is 5.91. The van der Waals surface area contributed by atoms with Crippen LogP contribution in [0.1, 0.15) is 27.7 Å². The summed E-state index contributed by atoms with van der Waals surface area (Å²) in [5.41, 5.74) is 4.02. The first-order valence-electron chi connectivity index (χ1n) is 4.65. The van der Waals surface area contributed by atoms with E-state index in [1.807, 2.05) is 0 Å². The van der Waals surface area contributed by atoms with Gasteiger partial charge in [0.2, 0.25) is 0 Å². The average Bonchev–Trinajstić information content (AvgIpc) is 2.45. The van der Waals surface area contributed by atoms with Crippen LogP contribution in [0.25, 0.3) is 0 Å². The van der Waals surface area contributed by atoms with Crippen LogP contribution in [0.2, 0.25) is 0 Å². The summed E-state index contributed by atoms with van der Waals surface area (Å²) in [4.78, 5) is 20.9. The molecule has 20 heavy (non-hydrogen) atoms. The van der Waals surface area contributed by atoms with Gasteiger partial charge in [-0.25, -0.2) is 0 Å². The van der Waals surface area contributed by atoms with Gasteiger partial charge in [-0.15, -0.1) is 9.81 Å². The second-order valence-corrected chi connectivity index (χ2v) is 3.28. The van der Waals surface area contributed by atoms with E-state index >= 15 is 0 Å². The van der Waals surface area contributed by atoms with E-state index in [9.17, 15) is 20.2 Å². The molecule has 116 valence electrons. The molecular weight excluding hydrogens is 380 g/mol. The molecule has 2 radical (unpaired) electrons. The van der Waals surface area contributed by atoms with Crippen molar-refractivity contribution in [3.8, 4) is 4.97 Å². The molecule has 0 amide bonds. The largest absolute Gasteiger partial charge is 0 e. The summed E-state index contributed by atoms with van der Waals surface area (Å²) < 4.78 is 0. The molecule has 0 unspecified atom stereocenters. The van der Waals surface area contributed by atoms with Gasteiger partial charge in [-0.3, -0.25) is 0 Å².